The Morgan fingerprint density at radius 2 is 1.83 bits per heavy atom. The molecular weight excluding hydrogens is 314 g/mol. The molecule has 0 saturated carbocycles. The number of Topliss-reactive ketones (excluding diaryl/α,β-unsaturated/α-hetero) is 2. The van der Waals surface area contributed by atoms with Crippen molar-refractivity contribution in [2.45, 2.75) is 19.1 Å². The first-order valence-corrected chi connectivity index (χ1v) is 7.22. The molecule has 7 heteroatoms. The molecule has 3 rings (SSSR count). The van der Waals surface area contributed by atoms with Crippen molar-refractivity contribution in [3.63, 3.8) is 0 Å². The second kappa shape index (κ2) is 6.21. The normalized spacial score (nSPS) is 16.8. The van der Waals surface area contributed by atoms with Crippen LogP contribution in [-0.4, -0.2) is 27.7 Å². The smallest absolute Gasteiger partial charge is 0.281 e. The minimum Gasteiger partial charge on any atom is -0.507 e. The van der Waals surface area contributed by atoms with Gasteiger partial charge in [0.2, 0.25) is 0 Å². The zero-order chi connectivity index (χ0) is 17.3. The molecule has 0 aromatic heterocycles. The van der Waals surface area contributed by atoms with Crippen molar-refractivity contribution < 1.29 is 24.4 Å². The number of nitro benzene ring substituents is 1. The van der Waals surface area contributed by atoms with Crippen molar-refractivity contribution in [2.24, 2.45) is 0 Å². The molecule has 0 saturated heterocycles. The SMILES string of the molecule is O=C1CC(OCc2ccccc2)C(=O)c2c(O)ccc([N+](=O)[O-])c21. The van der Waals surface area contributed by atoms with E-state index >= 15 is 0 Å². The van der Waals surface area contributed by atoms with Gasteiger partial charge in [0.05, 0.1) is 17.1 Å². The van der Waals surface area contributed by atoms with Gasteiger partial charge in [-0.1, -0.05) is 30.3 Å². The van der Waals surface area contributed by atoms with Crippen LogP contribution in [0.2, 0.25) is 0 Å². The van der Waals surface area contributed by atoms with Gasteiger partial charge in [-0.3, -0.25) is 19.7 Å². The maximum absolute atomic E-state index is 12.5. The highest BCUT2D eigenvalue weighted by Gasteiger charge is 2.40. The molecule has 0 bridgehead atoms. The number of aromatic hydroxyl groups is 1. The molecule has 0 radical (unpaired) electrons. The van der Waals surface area contributed by atoms with Gasteiger partial charge >= 0.3 is 0 Å². The molecule has 2 aromatic rings. The first-order valence-electron chi connectivity index (χ1n) is 7.22. The highest BCUT2D eigenvalue weighted by molar-refractivity contribution is 6.19. The average molecular weight is 327 g/mol. The molecule has 24 heavy (non-hydrogen) atoms. The Kier molecular flexibility index (Phi) is 4.09. The molecule has 1 aliphatic carbocycles. The van der Waals surface area contributed by atoms with E-state index < -0.39 is 34.0 Å². The standard InChI is InChI=1S/C17H13NO6/c19-12-7-6-11(18(22)23)15-13(20)8-14(17(21)16(12)15)24-9-10-4-2-1-3-5-10/h1-7,14,19H,8-9H2. The number of nitro groups is 1. The van der Waals surface area contributed by atoms with Crippen LogP contribution in [0.25, 0.3) is 0 Å². The van der Waals surface area contributed by atoms with Crippen LogP contribution in [0.5, 0.6) is 5.75 Å². The minimum absolute atomic E-state index is 0.121. The summed E-state index contributed by atoms with van der Waals surface area (Å²) in [6, 6.07) is 11.2. The summed E-state index contributed by atoms with van der Waals surface area (Å²) in [7, 11) is 0. The molecule has 0 aliphatic heterocycles. The summed E-state index contributed by atoms with van der Waals surface area (Å²) in [6.07, 6.45) is -1.36. The van der Waals surface area contributed by atoms with E-state index in [1.165, 1.54) is 0 Å². The second-order valence-electron chi connectivity index (χ2n) is 5.39. The summed E-state index contributed by atoms with van der Waals surface area (Å²) in [6.45, 7) is 0.121. The predicted octanol–water partition coefficient (Wildman–Crippen LogP) is 2.65. The zero-order valence-electron chi connectivity index (χ0n) is 12.5. The van der Waals surface area contributed by atoms with E-state index in [1.807, 2.05) is 30.3 Å². The van der Waals surface area contributed by atoms with E-state index in [2.05, 4.69) is 0 Å². The van der Waals surface area contributed by atoms with Crippen LogP contribution in [0.3, 0.4) is 0 Å². The molecule has 2 aromatic carbocycles. The van der Waals surface area contributed by atoms with Gasteiger partial charge < -0.3 is 9.84 Å². The number of ketones is 2. The molecule has 0 amide bonds. The van der Waals surface area contributed by atoms with Gasteiger partial charge in [0.25, 0.3) is 5.69 Å². The van der Waals surface area contributed by atoms with Crippen molar-refractivity contribution in [3.05, 3.63) is 69.3 Å². The lowest BCUT2D eigenvalue weighted by Crippen LogP contribution is -2.34. The number of rotatable bonds is 4. The van der Waals surface area contributed by atoms with E-state index in [1.54, 1.807) is 0 Å². The largest absolute Gasteiger partial charge is 0.507 e. The van der Waals surface area contributed by atoms with Crippen molar-refractivity contribution in [1.29, 1.82) is 0 Å². The van der Waals surface area contributed by atoms with Gasteiger partial charge in [-0.15, -0.1) is 0 Å². The van der Waals surface area contributed by atoms with Gasteiger partial charge in [-0.25, -0.2) is 0 Å². The van der Waals surface area contributed by atoms with E-state index in [0.29, 0.717) is 0 Å². The lowest BCUT2D eigenvalue weighted by atomic mass is 9.85. The van der Waals surface area contributed by atoms with Gasteiger partial charge in [0.15, 0.2) is 11.6 Å². The van der Waals surface area contributed by atoms with Gasteiger partial charge in [-0.2, -0.15) is 0 Å². The van der Waals surface area contributed by atoms with Gasteiger partial charge in [0.1, 0.15) is 17.4 Å². The minimum atomic E-state index is -1.07. The number of fused-ring (bicyclic) bond motifs is 1. The fourth-order valence-corrected chi connectivity index (χ4v) is 2.69. The van der Waals surface area contributed by atoms with E-state index in [-0.39, 0.29) is 24.2 Å². The maximum atomic E-state index is 12.5. The number of carbonyl (C=O) groups is 2. The zero-order valence-corrected chi connectivity index (χ0v) is 12.5. The van der Waals surface area contributed by atoms with Crippen LogP contribution in [-0.2, 0) is 11.3 Å². The van der Waals surface area contributed by atoms with Crippen LogP contribution in [0, 0.1) is 10.1 Å². The Balaban J connectivity index is 1.91. The van der Waals surface area contributed by atoms with Crippen LogP contribution < -0.4 is 0 Å². The molecule has 0 spiro atoms. The molecule has 1 unspecified atom stereocenters. The number of carbonyl (C=O) groups excluding carboxylic acids is 2. The molecule has 122 valence electrons. The topological polar surface area (TPSA) is 107 Å². The van der Waals surface area contributed by atoms with Crippen LogP contribution in [0.15, 0.2) is 42.5 Å². The number of phenolic OH excluding ortho intramolecular Hbond substituents is 1. The quantitative estimate of drug-likeness (QED) is 0.683. The summed E-state index contributed by atoms with van der Waals surface area (Å²) in [4.78, 5) is 35.1. The van der Waals surface area contributed by atoms with Crippen LogP contribution in [0.4, 0.5) is 5.69 Å². The average Bonchev–Trinajstić information content (AvgIpc) is 2.57. The predicted molar refractivity (Wildman–Crippen MR) is 83.1 cm³/mol. The molecule has 0 fully saturated rings. The number of nitrogens with zero attached hydrogens (tertiary/aromatic N) is 1. The molecule has 1 N–H and O–H groups in total. The highest BCUT2D eigenvalue weighted by atomic mass is 16.6. The van der Waals surface area contributed by atoms with Crippen LogP contribution >= 0.6 is 0 Å². The summed E-state index contributed by atoms with van der Waals surface area (Å²) in [5.41, 5.74) is -0.336. The van der Waals surface area contributed by atoms with Gasteiger partial charge in [-0.05, 0) is 11.6 Å². The third-order valence-electron chi connectivity index (χ3n) is 3.84. The van der Waals surface area contributed by atoms with E-state index in [4.69, 9.17) is 4.74 Å². The van der Waals surface area contributed by atoms with E-state index in [9.17, 15) is 24.8 Å². The first kappa shape index (κ1) is 15.8. The third-order valence-corrected chi connectivity index (χ3v) is 3.84. The molecule has 0 heterocycles. The number of hydrogen-bond donors (Lipinski definition) is 1. The number of ether oxygens (including phenoxy) is 1. The number of phenols is 1. The molecule has 7 nitrogen and oxygen atoms in total. The molecule has 1 atom stereocenters. The summed E-state index contributed by atoms with van der Waals surface area (Å²) < 4.78 is 5.51. The second-order valence-corrected chi connectivity index (χ2v) is 5.39. The summed E-state index contributed by atoms with van der Waals surface area (Å²) in [5, 5.41) is 21.0. The Labute approximate surface area is 136 Å². The van der Waals surface area contributed by atoms with Crippen molar-refractivity contribution in [1.82, 2.24) is 0 Å². The Hall–Kier alpha value is -3.06. The molecular formula is C17H13NO6. The Morgan fingerprint density at radius 3 is 2.50 bits per heavy atom. The fourth-order valence-electron chi connectivity index (χ4n) is 2.69. The lowest BCUT2D eigenvalue weighted by molar-refractivity contribution is -0.385. The fraction of sp³-hybridized carbons (Fsp3) is 0.176. The van der Waals surface area contributed by atoms with Crippen LogP contribution in [0.1, 0.15) is 32.7 Å². The first-order chi connectivity index (χ1) is 11.5. The van der Waals surface area contributed by atoms with Crippen molar-refractivity contribution in [3.8, 4) is 5.75 Å². The molecule has 1 aliphatic rings. The van der Waals surface area contributed by atoms with E-state index in [0.717, 1.165) is 17.7 Å². The highest BCUT2D eigenvalue weighted by Crippen LogP contribution is 2.36. The monoisotopic (exact) mass is 327 g/mol. The number of hydrogen-bond acceptors (Lipinski definition) is 6. The maximum Gasteiger partial charge on any atom is 0.281 e. The van der Waals surface area contributed by atoms with Crippen molar-refractivity contribution >= 4 is 17.3 Å². The number of benzene rings is 2. The Morgan fingerprint density at radius 1 is 1.12 bits per heavy atom. The Bertz CT molecular complexity index is 830. The third kappa shape index (κ3) is 2.77. The lowest BCUT2D eigenvalue weighted by Gasteiger charge is -2.23. The summed E-state index contributed by atoms with van der Waals surface area (Å²) in [5.74, 6) is -1.67. The summed E-state index contributed by atoms with van der Waals surface area (Å²) >= 11 is 0. The van der Waals surface area contributed by atoms with Crippen molar-refractivity contribution in [2.75, 3.05) is 0 Å². The van der Waals surface area contributed by atoms with Gasteiger partial charge in [0, 0.05) is 12.5 Å².